The summed E-state index contributed by atoms with van der Waals surface area (Å²) >= 11 is 5.80. The molecule has 0 atom stereocenters. The number of hydrogen-bond acceptors (Lipinski definition) is 1. The minimum absolute atomic E-state index is 0.0301. The molecule has 0 amide bonds. The van der Waals surface area contributed by atoms with Crippen LogP contribution in [0, 0.1) is 12.7 Å². The molecule has 2 rings (SSSR count). The molecule has 1 N–H and O–H groups in total. The number of aryl methyl sites for hydroxylation is 1. The van der Waals surface area contributed by atoms with Gasteiger partial charge in [0.2, 0.25) is 0 Å². The van der Waals surface area contributed by atoms with E-state index >= 15 is 0 Å². The first kappa shape index (κ1) is 11.0. The highest BCUT2D eigenvalue weighted by atomic mass is 35.5. The predicted molar refractivity (Wildman–Crippen MR) is 63.2 cm³/mol. The lowest BCUT2D eigenvalue weighted by molar-refractivity contribution is 0.475. The summed E-state index contributed by atoms with van der Waals surface area (Å²) in [5.74, 6) is -0.288. The molecule has 0 radical (unpaired) electrons. The molecule has 0 aromatic heterocycles. The van der Waals surface area contributed by atoms with Crippen LogP contribution in [0.5, 0.6) is 5.75 Å². The second-order valence-electron chi connectivity index (χ2n) is 3.68. The van der Waals surface area contributed by atoms with Gasteiger partial charge >= 0.3 is 0 Å². The molecule has 3 heteroatoms. The monoisotopic (exact) mass is 236 g/mol. The van der Waals surface area contributed by atoms with Gasteiger partial charge in [0.25, 0.3) is 0 Å². The molecule has 1 nitrogen and oxygen atoms in total. The molecule has 16 heavy (non-hydrogen) atoms. The van der Waals surface area contributed by atoms with Crippen molar-refractivity contribution in [1.29, 1.82) is 0 Å². The van der Waals surface area contributed by atoms with Gasteiger partial charge in [-0.25, -0.2) is 4.39 Å². The minimum atomic E-state index is -0.318. The maximum absolute atomic E-state index is 13.7. The second-order valence-corrected chi connectivity index (χ2v) is 4.12. The Hall–Kier alpha value is -1.54. The zero-order chi connectivity index (χ0) is 11.7. The van der Waals surface area contributed by atoms with Crippen LogP contribution in [-0.2, 0) is 0 Å². The van der Waals surface area contributed by atoms with Gasteiger partial charge in [0.15, 0.2) is 0 Å². The van der Waals surface area contributed by atoms with Gasteiger partial charge in [-0.15, -0.1) is 0 Å². The zero-order valence-electron chi connectivity index (χ0n) is 8.67. The highest BCUT2D eigenvalue weighted by molar-refractivity contribution is 6.31. The van der Waals surface area contributed by atoms with Crippen LogP contribution in [0.15, 0.2) is 36.4 Å². The Labute approximate surface area is 98.1 Å². The van der Waals surface area contributed by atoms with E-state index in [-0.39, 0.29) is 11.6 Å². The van der Waals surface area contributed by atoms with E-state index in [1.807, 2.05) is 13.0 Å². The van der Waals surface area contributed by atoms with E-state index in [0.717, 1.165) is 5.56 Å². The van der Waals surface area contributed by atoms with Crippen molar-refractivity contribution in [2.24, 2.45) is 0 Å². The number of hydrogen-bond donors (Lipinski definition) is 1. The summed E-state index contributed by atoms with van der Waals surface area (Å²) < 4.78 is 13.7. The predicted octanol–water partition coefficient (Wildman–Crippen LogP) is 4.16. The Morgan fingerprint density at radius 2 is 1.88 bits per heavy atom. The van der Waals surface area contributed by atoms with Gasteiger partial charge in [0.05, 0.1) is 0 Å². The summed E-state index contributed by atoms with van der Waals surface area (Å²) in [4.78, 5) is 0. The molecule has 0 saturated carbocycles. The van der Waals surface area contributed by atoms with E-state index in [1.165, 1.54) is 18.2 Å². The first-order valence-corrected chi connectivity index (χ1v) is 5.20. The fraction of sp³-hybridized carbons (Fsp3) is 0.0769. The maximum Gasteiger partial charge on any atom is 0.131 e. The Morgan fingerprint density at radius 1 is 1.12 bits per heavy atom. The van der Waals surface area contributed by atoms with Crippen molar-refractivity contribution < 1.29 is 9.50 Å². The van der Waals surface area contributed by atoms with Crippen molar-refractivity contribution in [1.82, 2.24) is 0 Å². The summed E-state index contributed by atoms with van der Waals surface area (Å²) in [6.07, 6.45) is 0. The number of rotatable bonds is 1. The lowest BCUT2D eigenvalue weighted by Crippen LogP contribution is -1.85. The molecule has 0 fully saturated rings. The largest absolute Gasteiger partial charge is 0.508 e. The molecule has 0 aliphatic heterocycles. The molecule has 0 saturated heterocycles. The second kappa shape index (κ2) is 4.14. The van der Waals surface area contributed by atoms with E-state index in [1.54, 1.807) is 12.1 Å². The van der Waals surface area contributed by atoms with E-state index in [2.05, 4.69) is 0 Å². The SMILES string of the molecule is Cc1ccc(-c2cc(O)cc(Cl)c2)c(F)c1. The fourth-order valence-electron chi connectivity index (χ4n) is 1.58. The zero-order valence-corrected chi connectivity index (χ0v) is 9.42. The van der Waals surface area contributed by atoms with E-state index in [4.69, 9.17) is 11.6 Å². The first-order valence-electron chi connectivity index (χ1n) is 4.82. The average molecular weight is 237 g/mol. The molecule has 0 bridgehead atoms. The van der Waals surface area contributed by atoms with Crippen LogP contribution in [0.25, 0.3) is 11.1 Å². The summed E-state index contributed by atoms with van der Waals surface area (Å²) in [7, 11) is 0. The van der Waals surface area contributed by atoms with E-state index < -0.39 is 0 Å². The number of phenolic OH excluding ortho intramolecular Hbond substituents is 1. The van der Waals surface area contributed by atoms with E-state index in [0.29, 0.717) is 16.1 Å². The third-order valence-corrected chi connectivity index (χ3v) is 2.54. The van der Waals surface area contributed by atoms with Crippen molar-refractivity contribution in [3.63, 3.8) is 0 Å². The summed E-state index contributed by atoms with van der Waals surface area (Å²) in [6.45, 7) is 1.82. The van der Waals surface area contributed by atoms with Gasteiger partial charge < -0.3 is 5.11 Å². The Kier molecular flexibility index (Phi) is 2.84. The topological polar surface area (TPSA) is 20.2 Å². The van der Waals surface area contributed by atoms with Crippen molar-refractivity contribution >= 4 is 11.6 Å². The average Bonchev–Trinajstić information content (AvgIpc) is 2.15. The molecule has 0 aliphatic rings. The highest BCUT2D eigenvalue weighted by Gasteiger charge is 2.07. The van der Waals surface area contributed by atoms with Crippen molar-refractivity contribution in [3.8, 4) is 16.9 Å². The molecule has 82 valence electrons. The first-order chi connectivity index (χ1) is 7.56. The molecule has 0 heterocycles. The number of halogens is 2. The molecule has 0 spiro atoms. The molecule has 0 aliphatic carbocycles. The van der Waals surface area contributed by atoms with Gasteiger partial charge in [-0.05, 0) is 42.3 Å². The number of benzene rings is 2. The van der Waals surface area contributed by atoms with Gasteiger partial charge in [-0.3, -0.25) is 0 Å². The maximum atomic E-state index is 13.7. The summed E-state index contributed by atoms with van der Waals surface area (Å²) in [6, 6.07) is 9.46. The fourth-order valence-corrected chi connectivity index (χ4v) is 1.81. The number of phenols is 1. The standard InChI is InChI=1S/C13H10ClFO/c1-8-2-3-12(13(15)4-8)9-5-10(14)7-11(16)6-9/h2-7,16H,1H3. The van der Waals surface area contributed by atoms with Crippen LogP contribution in [0.3, 0.4) is 0 Å². The van der Waals surface area contributed by atoms with Crippen LogP contribution >= 0.6 is 11.6 Å². The van der Waals surface area contributed by atoms with E-state index in [9.17, 15) is 9.50 Å². The van der Waals surface area contributed by atoms with Crippen molar-refractivity contribution in [2.75, 3.05) is 0 Å². The number of aromatic hydroxyl groups is 1. The van der Waals surface area contributed by atoms with Gasteiger partial charge in [-0.1, -0.05) is 23.7 Å². The van der Waals surface area contributed by atoms with Crippen molar-refractivity contribution in [3.05, 3.63) is 52.8 Å². The van der Waals surface area contributed by atoms with Crippen LogP contribution in [0.1, 0.15) is 5.56 Å². The van der Waals surface area contributed by atoms with Crippen LogP contribution < -0.4 is 0 Å². The highest BCUT2D eigenvalue weighted by Crippen LogP contribution is 2.29. The lowest BCUT2D eigenvalue weighted by Gasteiger charge is -2.05. The normalized spacial score (nSPS) is 10.4. The third-order valence-electron chi connectivity index (χ3n) is 2.32. The Morgan fingerprint density at radius 3 is 2.50 bits per heavy atom. The smallest absolute Gasteiger partial charge is 0.131 e. The minimum Gasteiger partial charge on any atom is -0.508 e. The van der Waals surface area contributed by atoms with Crippen LogP contribution in [-0.4, -0.2) is 5.11 Å². The van der Waals surface area contributed by atoms with Gasteiger partial charge in [0, 0.05) is 10.6 Å². The lowest BCUT2D eigenvalue weighted by atomic mass is 10.0. The van der Waals surface area contributed by atoms with Crippen LogP contribution in [0.4, 0.5) is 4.39 Å². The quantitative estimate of drug-likeness (QED) is 0.788. The molecular weight excluding hydrogens is 227 g/mol. The molecule has 0 unspecified atom stereocenters. The van der Waals surface area contributed by atoms with Crippen LogP contribution in [0.2, 0.25) is 5.02 Å². The molecular formula is C13H10ClFO. The summed E-state index contributed by atoms with van der Waals surface area (Å²) in [5, 5.41) is 9.78. The van der Waals surface area contributed by atoms with Gasteiger partial charge in [0.1, 0.15) is 11.6 Å². The Bertz CT molecular complexity index is 517. The van der Waals surface area contributed by atoms with Gasteiger partial charge in [-0.2, -0.15) is 0 Å². The Balaban J connectivity index is 2.58. The molecule has 2 aromatic carbocycles. The summed E-state index contributed by atoms with van der Waals surface area (Å²) in [5.41, 5.74) is 1.86. The third kappa shape index (κ3) is 2.17. The molecule has 2 aromatic rings. The van der Waals surface area contributed by atoms with Crippen molar-refractivity contribution in [2.45, 2.75) is 6.92 Å².